The number of rotatable bonds is 7. The Kier molecular flexibility index (Phi) is 5.91. The highest BCUT2D eigenvalue weighted by molar-refractivity contribution is 5.27. The van der Waals surface area contributed by atoms with E-state index < -0.39 is 0 Å². The van der Waals surface area contributed by atoms with Gasteiger partial charge in [0.2, 0.25) is 0 Å². The lowest BCUT2D eigenvalue weighted by molar-refractivity contribution is 0.304. The molecule has 0 amide bonds. The van der Waals surface area contributed by atoms with Gasteiger partial charge in [-0.15, -0.1) is 0 Å². The zero-order chi connectivity index (χ0) is 10.9. The number of unbranched alkanes of at least 4 members (excludes halogenated alkanes) is 4. The molecule has 15 heavy (non-hydrogen) atoms. The predicted molar refractivity (Wildman–Crippen MR) is 65.4 cm³/mol. The molecule has 1 aromatic rings. The van der Waals surface area contributed by atoms with Crippen LogP contribution in [0, 0.1) is 6.92 Å². The van der Waals surface area contributed by atoms with E-state index in [9.17, 15) is 0 Å². The van der Waals surface area contributed by atoms with Crippen molar-refractivity contribution in [3.63, 3.8) is 0 Å². The standard InChI is InChI=1S/C14H22O/c1-3-4-5-6-7-11-15-14-10-8-9-13(2)12-14/h8-10,12H,3-7,11H2,1-2H3. The van der Waals surface area contributed by atoms with Crippen LogP contribution in [0.15, 0.2) is 24.3 Å². The monoisotopic (exact) mass is 206 g/mol. The molecule has 1 rings (SSSR count). The van der Waals surface area contributed by atoms with Crippen molar-refractivity contribution in [2.45, 2.75) is 46.0 Å². The molecule has 0 fully saturated rings. The molecule has 0 radical (unpaired) electrons. The van der Waals surface area contributed by atoms with Crippen LogP contribution in [0.2, 0.25) is 0 Å². The van der Waals surface area contributed by atoms with Gasteiger partial charge in [-0.3, -0.25) is 0 Å². The van der Waals surface area contributed by atoms with Crippen molar-refractivity contribution in [1.82, 2.24) is 0 Å². The first-order chi connectivity index (χ1) is 7.33. The summed E-state index contributed by atoms with van der Waals surface area (Å²) in [6.45, 7) is 5.19. The van der Waals surface area contributed by atoms with Gasteiger partial charge in [0.05, 0.1) is 6.61 Å². The van der Waals surface area contributed by atoms with Crippen LogP contribution in [0.4, 0.5) is 0 Å². The van der Waals surface area contributed by atoms with Crippen molar-refractivity contribution in [3.05, 3.63) is 29.8 Å². The third kappa shape index (κ3) is 5.46. The summed E-state index contributed by atoms with van der Waals surface area (Å²) in [5.41, 5.74) is 1.26. The van der Waals surface area contributed by atoms with Crippen molar-refractivity contribution in [2.75, 3.05) is 6.61 Å². The summed E-state index contributed by atoms with van der Waals surface area (Å²) in [6, 6.07) is 8.25. The number of hydrogen-bond donors (Lipinski definition) is 0. The molecule has 0 aliphatic heterocycles. The molecule has 0 saturated carbocycles. The topological polar surface area (TPSA) is 9.23 Å². The van der Waals surface area contributed by atoms with Crippen molar-refractivity contribution in [1.29, 1.82) is 0 Å². The van der Waals surface area contributed by atoms with Crippen LogP contribution in [-0.2, 0) is 0 Å². The zero-order valence-electron chi connectivity index (χ0n) is 9.96. The molecule has 0 aliphatic carbocycles. The van der Waals surface area contributed by atoms with Gasteiger partial charge >= 0.3 is 0 Å². The molecule has 0 aliphatic rings. The summed E-state index contributed by atoms with van der Waals surface area (Å²) < 4.78 is 5.67. The van der Waals surface area contributed by atoms with Gasteiger partial charge < -0.3 is 4.74 Å². The second kappa shape index (κ2) is 7.33. The minimum absolute atomic E-state index is 0.854. The molecule has 0 atom stereocenters. The molecule has 0 bridgehead atoms. The minimum atomic E-state index is 0.854. The van der Waals surface area contributed by atoms with Crippen molar-refractivity contribution in [3.8, 4) is 5.75 Å². The Labute approximate surface area is 93.5 Å². The highest BCUT2D eigenvalue weighted by Crippen LogP contribution is 2.13. The van der Waals surface area contributed by atoms with Crippen molar-refractivity contribution < 1.29 is 4.74 Å². The lowest BCUT2D eigenvalue weighted by atomic mass is 10.2. The SMILES string of the molecule is CCCCCCCOc1cccc(C)c1. The van der Waals surface area contributed by atoms with Crippen LogP contribution in [0.5, 0.6) is 5.75 Å². The Balaban J connectivity index is 2.10. The number of benzene rings is 1. The van der Waals surface area contributed by atoms with Gasteiger partial charge in [0, 0.05) is 0 Å². The first-order valence-corrected chi connectivity index (χ1v) is 6.02. The van der Waals surface area contributed by atoms with E-state index >= 15 is 0 Å². The summed E-state index contributed by atoms with van der Waals surface area (Å²) in [5.74, 6) is 1.01. The quantitative estimate of drug-likeness (QED) is 0.603. The van der Waals surface area contributed by atoms with Gasteiger partial charge in [-0.2, -0.15) is 0 Å². The molecule has 1 nitrogen and oxygen atoms in total. The Morgan fingerprint density at radius 1 is 1.07 bits per heavy atom. The minimum Gasteiger partial charge on any atom is -0.494 e. The number of ether oxygens (including phenoxy) is 1. The van der Waals surface area contributed by atoms with Crippen molar-refractivity contribution in [2.24, 2.45) is 0 Å². The van der Waals surface area contributed by atoms with E-state index in [4.69, 9.17) is 4.74 Å². The molecular formula is C14H22O. The van der Waals surface area contributed by atoms with Crippen LogP contribution in [0.25, 0.3) is 0 Å². The first-order valence-electron chi connectivity index (χ1n) is 6.02. The van der Waals surface area contributed by atoms with E-state index in [1.807, 2.05) is 12.1 Å². The molecule has 0 aromatic heterocycles. The Morgan fingerprint density at radius 2 is 1.87 bits per heavy atom. The maximum atomic E-state index is 5.67. The Morgan fingerprint density at radius 3 is 2.60 bits per heavy atom. The van der Waals surface area contributed by atoms with Gasteiger partial charge in [-0.25, -0.2) is 0 Å². The maximum Gasteiger partial charge on any atom is 0.119 e. The molecule has 0 spiro atoms. The molecule has 1 heteroatoms. The summed E-state index contributed by atoms with van der Waals surface area (Å²) in [4.78, 5) is 0. The van der Waals surface area contributed by atoms with E-state index in [1.54, 1.807) is 0 Å². The average Bonchev–Trinajstić information content (AvgIpc) is 2.23. The van der Waals surface area contributed by atoms with E-state index in [0.717, 1.165) is 12.4 Å². The van der Waals surface area contributed by atoms with E-state index in [0.29, 0.717) is 0 Å². The lowest BCUT2D eigenvalue weighted by Crippen LogP contribution is -1.97. The van der Waals surface area contributed by atoms with Crippen LogP contribution in [0.1, 0.15) is 44.6 Å². The highest BCUT2D eigenvalue weighted by Gasteiger charge is 1.93. The van der Waals surface area contributed by atoms with Crippen LogP contribution >= 0.6 is 0 Å². The molecular weight excluding hydrogens is 184 g/mol. The van der Waals surface area contributed by atoms with E-state index in [-0.39, 0.29) is 0 Å². The third-order valence-electron chi connectivity index (χ3n) is 2.51. The number of aryl methyl sites for hydroxylation is 1. The smallest absolute Gasteiger partial charge is 0.119 e. The number of hydrogen-bond acceptors (Lipinski definition) is 1. The van der Waals surface area contributed by atoms with E-state index in [2.05, 4.69) is 26.0 Å². The molecule has 0 N–H and O–H groups in total. The zero-order valence-corrected chi connectivity index (χ0v) is 9.96. The largest absolute Gasteiger partial charge is 0.494 e. The van der Waals surface area contributed by atoms with Gasteiger partial charge in [0.1, 0.15) is 5.75 Å². The van der Waals surface area contributed by atoms with Gasteiger partial charge in [0.25, 0.3) is 0 Å². The summed E-state index contributed by atoms with van der Waals surface area (Å²) >= 11 is 0. The Bertz CT molecular complexity index is 268. The third-order valence-corrected chi connectivity index (χ3v) is 2.51. The second-order valence-corrected chi connectivity index (χ2v) is 4.08. The summed E-state index contributed by atoms with van der Waals surface area (Å²) in [5, 5.41) is 0. The fourth-order valence-electron chi connectivity index (χ4n) is 1.60. The highest BCUT2D eigenvalue weighted by atomic mass is 16.5. The van der Waals surface area contributed by atoms with Gasteiger partial charge in [-0.1, -0.05) is 44.7 Å². The molecule has 0 saturated heterocycles. The van der Waals surface area contributed by atoms with Crippen molar-refractivity contribution >= 4 is 0 Å². The molecule has 1 aromatic carbocycles. The molecule has 0 heterocycles. The normalized spacial score (nSPS) is 10.3. The average molecular weight is 206 g/mol. The summed E-state index contributed by atoms with van der Waals surface area (Å²) in [6.07, 6.45) is 6.46. The van der Waals surface area contributed by atoms with E-state index in [1.165, 1.54) is 37.7 Å². The fourth-order valence-corrected chi connectivity index (χ4v) is 1.60. The lowest BCUT2D eigenvalue weighted by Gasteiger charge is -2.06. The fraction of sp³-hybridized carbons (Fsp3) is 0.571. The first kappa shape index (κ1) is 12.1. The van der Waals surface area contributed by atoms with Gasteiger partial charge in [-0.05, 0) is 31.0 Å². The van der Waals surface area contributed by atoms with Crippen LogP contribution in [-0.4, -0.2) is 6.61 Å². The molecule has 0 unspecified atom stereocenters. The van der Waals surface area contributed by atoms with Gasteiger partial charge in [0.15, 0.2) is 0 Å². The summed E-state index contributed by atoms with van der Waals surface area (Å²) in [7, 11) is 0. The predicted octanol–water partition coefficient (Wildman–Crippen LogP) is 4.34. The maximum absolute atomic E-state index is 5.67. The van der Waals surface area contributed by atoms with Crippen LogP contribution in [0.3, 0.4) is 0 Å². The molecule has 84 valence electrons. The second-order valence-electron chi connectivity index (χ2n) is 4.08. The Hall–Kier alpha value is -0.980. The van der Waals surface area contributed by atoms with Crippen LogP contribution < -0.4 is 4.74 Å².